The lowest BCUT2D eigenvalue weighted by Gasteiger charge is -2.52. The highest BCUT2D eigenvalue weighted by Gasteiger charge is 2.50. The summed E-state index contributed by atoms with van der Waals surface area (Å²) in [6, 6.07) is 7.17. The Labute approximate surface area is 282 Å². The van der Waals surface area contributed by atoms with E-state index in [1.165, 1.54) is 12.5 Å². The number of hydrogen-bond donors (Lipinski definition) is 1. The first-order valence-electron chi connectivity index (χ1n) is 16.7. The van der Waals surface area contributed by atoms with Crippen molar-refractivity contribution in [3.63, 3.8) is 0 Å². The molecule has 9 rings (SSSR count). The molecule has 47 heavy (non-hydrogen) atoms. The van der Waals surface area contributed by atoms with Crippen molar-refractivity contribution < 1.29 is 28.6 Å². The minimum Gasteiger partial charge on any atom is -0.493 e. The van der Waals surface area contributed by atoms with E-state index < -0.39 is 5.97 Å². The molecule has 0 unspecified atom stereocenters. The van der Waals surface area contributed by atoms with Crippen molar-refractivity contribution in [2.45, 2.75) is 88.8 Å². The van der Waals surface area contributed by atoms with E-state index in [0.29, 0.717) is 64.2 Å². The molecule has 3 heterocycles. The van der Waals surface area contributed by atoms with Crippen molar-refractivity contribution in [2.24, 2.45) is 11.3 Å². The SMILES string of the molecule is O=C(O)c1cc(OCC2CCC2)c2cc(OCC34CCC(OCc5c(-c6c(Cl)cncc6Cl)noc5C5CC5)(CC3)CC4)ccc2n1. The maximum atomic E-state index is 11.7. The van der Waals surface area contributed by atoms with E-state index >= 15 is 0 Å². The zero-order valence-corrected chi connectivity index (χ0v) is 27.6. The van der Waals surface area contributed by atoms with Crippen molar-refractivity contribution in [3.05, 3.63) is 63.7 Å². The molecular weight excluding hydrogens is 641 g/mol. The monoisotopic (exact) mass is 677 g/mol. The number of nitrogens with zero attached hydrogens (tertiary/aromatic N) is 3. The second-order valence-electron chi connectivity index (χ2n) is 14.0. The number of pyridine rings is 2. The third-order valence-corrected chi connectivity index (χ3v) is 11.5. The van der Waals surface area contributed by atoms with Crippen LogP contribution in [0.15, 0.2) is 41.2 Å². The van der Waals surface area contributed by atoms with Crippen molar-refractivity contribution >= 4 is 40.1 Å². The number of aromatic nitrogens is 3. The Bertz CT molecular complexity index is 1790. The molecule has 2 bridgehead atoms. The zero-order valence-electron chi connectivity index (χ0n) is 26.1. The Morgan fingerprint density at radius 2 is 1.72 bits per heavy atom. The summed E-state index contributed by atoms with van der Waals surface area (Å²) in [5.74, 6) is 2.00. The molecular formula is C36H37Cl2N3O6. The molecule has 5 aliphatic carbocycles. The topological polar surface area (TPSA) is 117 Å². The van der Waals surface area contributed by atoms with Gasteiger partial charge in [0.15, 0.2) is 5.69 Å². The van der Waals surface area contributed by atoms with E-state index in [4.69, 9.17) is 41.9 Å². The third-order valence-electron chi connectivity index (χ3n) is 10.9. The molecule has 0 radical (unpaired) electrons. The summed E-state index contributed by atoms with van der Waals surface area (Å²) in [4.78, 5) is 20.2. The van der Waals surface area contributed by atoms with Crippen LogP contribution in [0.3, 0.4) is 0 Å². The average molecular weight is 679 g/mol. The Kier molecular flexibility index (Phi) is 8.05. The second-order valence-corrected chi connectivity index (χ2v) is 14.8. The van der Waals surface area contributed by atoms with Crippen LogP contribution in [0, 0.1) is 11.3 Å². The standard InChI is InChI=1S/C36H37Cl2N3O6/c37-26-16-39-17-27(38)31(26)32-25(33(47-41-32)22-4-5-22)19-46-36-11-8-35(9-12-36,10-13-36)20-45-23-6-7-28-24(14-23)30(15-29(40-28)34(42)43)44-18-21-2-1-3-21/h6-7,14-17,21-22H,1-5,8-13,18-20H2,(H,42,43). The molecule has 1 aromatic carbocycles. The normalized spacial score (nSPS) is 24.0. The number of rotatable bonds is 12. The van der Waals surface area contributed by atoms with Gasteiger partial charge in [-0.2, -0.15) is 0 Å². The number of carboxylic acid groups (broad SMARTS) is 1. The molecule has 11 heteroatoms. The molecule has 9 nitrogen and oxygen atoms in total. The first-order chi connectivity index (χ1) is 22.8. The van der Waals surface area contributed by atoms with Crippen molar-refractivity contribution in [3.8, 4) is 22.8 Å². The number of ether oxygens (including phenoxy) is 3. The van der Waals surface area contributed by atoms with E-state index in [9.17, 15) is 9.90 Å². The quantitative estimate of drug-likeness (QED) is 0.157. The van der Waals surface area contributed by atoms with Gasteiger partial charge in [-0.3, -0.25) is 4.98 Å². The van der Waals surface area contributed by atoms with Crippen molar-refractivity contribution in [1.29, 1.82) is 0 Å². The number of halogens is 2. The van der Waals surface area contributed by atoms with Gasteiger partial charge < -0.3 is 23.8 Å². The van der Waals surface area contributed by atoms with E-state index in [-0.39, 0.29) is 16.7 Å². The van der Waals surface area contributed by atoms with Gasteiger partial charge in [-0.25, -0.2) is 9.78 Å². The molecule has 0 atom stereocenters. The van der Waals surface area contributed by atoms with Crippen LogP contribution >= 0.6 is 23.2 Å². The zero-order chi connectivity index (χ0) is 32.2. The number of carboxylic acids is 1. The Morgan fingerprint density at radius 1 is 0.979 bits per heavy atom. The molecule has 5 aliphatic rings. The molecule has 0 spiro atoms. The number of fused-ring (bicyclic) bond motifs is 4. The molecule has 5 saturated carbocycles. The fraction of sp³-hybridized carbons (Fsp3) is 0.500. The number of aromatic carboxylic acids is 1. The average Bonchev–Trinajstić information content (AvgIpc) is 3.82. The summed E-state index contributed by atoms with van der Waals surface area (Å²) < 4.78 is 25.3. The van der Waals surface area contributed by atoms with Crippen LogP contribution in [-0.4, -0.2) is 45.0 Å². The molecule has 0 saturated heterocycles. The van der Waals surface area contributed by atoms with Gasteiger partial charge >= 0.3 is 5.97 Å². The summed E-state index contributed by atoms with van der Waals surface area (Å²) in [7, 11) is 0. The Balaban J connectivity index is 0.940. The fourth-order valence-corrected chi connectivity index (χ4v) is 7.99. The molecule has 4 aromatic rings. The van der Waals surface area contributed by atoms with Gasteiger partial charge in [-0.15, -0.1) is 0 Å². The van der Waals surface area contributed by atoms with Crippen LogP contribution in [0.25, 0.3) is 22.2 Å². The third kappa shape index (κ3) is 6.07. The Morgan fingerprint density at radius 3 is 2.38 bits per heavy atom. The van der Waals surface area contributed by atoms with E-state index in [1.54, 1.807) is 12.4 Å². The highest BCUT2D eigenvalue weighted by atomic mass is 35.5. The molecule has 3 aromatic heterocycles. The minimum absolute atomic E-state index is 0.0160. The van der Waals surface area contributed by atoms with Crippen molar-refractivity contribution in [1.82, 2.24) is 15.1 Å². The summed E-state index contributed by atoms with van der Waals surface area (Å²) in [5.41, 5.74) is 2.71. The summed E-state index contributed by atoms with van der Waals surface area (Å²) >= 11 is 13.0. The van der Waals surface area contributed by atoms with Gasteiger partial charge in [-0.1, -0.05) is 34.8 Å². The number of hydrogen-bond acceptors (Lipinski definition) is 8. The lowest BCUT2D eigenvalue weighted by molar-refractivity contribution is -0.150. The second kappa shape index (κ2) is 12.2. The summed E-state index contributed by atoms with van der Waals surface area (Å²) in [6.45, 7) is 1.61. The molecule has 5 fully saturated rings. The summed E-state index contributed by atoms with van der Waals surface area (Å²) in [6.07, 6.45) is 14.8. The molecule has 0 amide bonds. The highest BCUT2D eigenvalue weighted by Crippen LogP contribution is 2.55. The Hall–Kier alpha value is -3.40. The maximum absolute atomic E-state index is 11.7. The van der Waals surface area contributed by atoms with Gasteiger partial charge in [0.25, 0.3) is 0 Å². The first kappa shape index (κ1) is 30.9. The first-order valence-corrected chi connectivity index (χ1v) is 17.4. The molecule has 1 N–H and O–H groups in total. The van der Waals surface area contributed by atoms with Crippen LogP contribution in [0.1, 0.15) is 98.4 Å². The van der Waals surface area contributed by atoms with Gasteiger partial charge in [0.1, 0.15) is 23.0 Å². The van der Waals surface area contributed by atoms with E-state index in [1.807, 2.05) is 18.2 Å². The number of carbonyl (C=O) groups is 1. The van der Waals surface area contributed by atoms with Gasteiger partial charge in [0.2, 0.25) is 0 Å². The summed E-state index contributed by atoms with van der Waals surface area (Å²) in [5, 5.41) is 15.7. The van der Waals surface area contributed by atoms with Gasteiger partial charge in [0, 0.05) is 46.3 Å². The van der Waals surface area contributed by atoms with Crippen LogP contribution < -0.4 is 9.47 Å². The van der Waals surface area contributed by atoms with E-state index in [0.717, 1.165) is 86.7 Å². The fourth-order valence-electron chi connectivity index (χ4n) is 7.45. The minimum atomic E-state index is -1.07. The lowest BCUT2D eigenvalue weighted by Crippen LogP contribution is -2.49. The molecule has 0 aliphatic heterocycles. The van der Waals surface area contributed by atoms with Gasteiger partial charge in [0.05, 0.1) is 41.0 Å². The highest BCUT2D eigenvalue weighted by molar-refractivity contribution is 6.38. The van der Waals surface area contributed by atoms with Crippen molar-refractivity contribution in [2.75, 3.05) is 13.2 Å². The van der Waals surface area contributed by atoms with Crippen LogP contribution in [0.5, 0.6) is 11.5 Å². The largest absolute Gasteiger partial charge is 0.493 e. The predicted molar refractivity (Wildman–Crippen MR) is 176 cm³/mol. The van der Waals surface area contributed by atoms with Crippen LogP contribution in [0.2, 0.25) is 10.0 Å². The van der Waals surface area contributed by atoms with Crippen LogP contribution in [-0.2, 0) is 11.3 Å². The van der Waals surface area contributed by atoms with Crippen LogP contribution in [0.4, 0.5) is 0 Å². The lowest BCUT2D eigenvalue weighted by atomic mass is 9.59. The van der Waals surface area contributed by atoms with Gasteiger partial charge in [-0.05, 0) is 88.3 Å². The predicted octanol–water partition coefficient (Wildman–Crippen LogP) is 9.03. The van der Waals surface area contributed by atoms with E-state index in [2.05, 4.69) is 15.1 Å². The molecule has 246 valence electrons. The smallest absolute Gasteiger partial charge is 0.354 e. The maximum Gasteiger partial charge on any atom is 0.354 e. The number of benzene rings is 1.